The maximum Gasteiger partial charge on any atom is 0.126 e. The minimum atomic E-state index is 0.167. The number of nitriles is 1. The third kappa shape index (κ3) is 51.8. The second kappa shape index (κ2) is 40.6. The first-order chi connectivity index (χ1) is 3.73. The van der Waals surface area contributed by atoms with Crippen LogP contribution in [0.15, 0.2) is 0 Å². The van der Waals surface area contributed by atoms with Crippen LogP contribution in [0.4, 0.5) is 0 Å². The second-order valence-corrected chi connectivity index (χ2v) is 0.908. The van der Waals surface area contributed by atoms with Gasteiger partial charge < -0.3 is 9.59 Å². The molecule has 0 bridgehead atoms. The maximum absolute atomic E-state index is 9.44. The smallest absolute Gasteiger partial charge is 0.126 e. The molecule has 3 heteroatoms. The Balaban J connectivity index is -0.0000000542. The van der Waals surface area contributed by atoms with Crippen molar-refractivity contribution in [3.63, 3.8) is 0 Å². The third-order valence-electron chi connectivity index (χ3n) is 0. The van der Waals surface area contributed by atoms with Crippen LogP contribution in [0.1, 0.15) is 13.8 Å². The van der Waals surface area contributed by atoms with Gasteiger partial charge >= 0.3 is 0 Å². The van der Waals surface area contributed by atoms with E-state index in [1.54, 1.807) is 0 Å². The molecular weight excluding hydrogens is 106 g/mol. The summed E-state index contributed by atoms with van der Waals surface area (Å²) in [4.78, 5) is 17.4. The Morgan fingerprint density at radius 3 is 1.38 bits per heavy atom. The standard InChI is InChI=1S/C3H6O.CHN.CH2O/c1-3(2)4;2*1-2/h1-2H3;1H;1H2. The summed E-state index contributed by atoms with van der Waals surface area (Å²) in [6.07, 6.45) is 0. The molecule has 0 aromatic heterocycles. The molecule has 0 heterocycles. The van der Waals surface area contributed by atoms with Gasteiger partial charge in [0, 0.05) is 6.57 Å². The highest BCUT2D eigenvalue weighted by Crippen LogP contribution is 1.50. The van der Waals surface area contributed by atoms with E-state index < -0.39 is 0 Å². The highest BCUT2D eigenvalue weighted by atomic mass is 16.1. The molecule has 0 aliphatic heterocycles. The number of Topliss-reactive ketones (excluding diaryl/α,β-unsaturated/α-hetero) is 1. The normalized spacial score (nSPS) is 4.00. The fourth-order valence-electron chi connectivity index (χ4n) is 0. The number of nitrogens with zero attached hydrogens (tertiary/aromatic N) is 1. The van der Waals surface area contributed by atoms with E-state index in [9.17, 15) is 4.79 Å². The number of rotatable bonds is 0. The zero-order valence-electron chi connectivity index (χ0n) is 5.05. The van der Waals surface area contributed by atoms with Crippen molar-refractivity contribution in [3.05, 3.63) is 0 Å². The van der Waals surface area contributed by atoms with Crippen molar-refractivity contribution in [1.29, 1.82) is 5.26 Å². The average Bonchev–Trinajstić information content (AvgIpc) is 1.75. The molecule has 0 aromatic rings. The van der Waals surface area contributed by atoms with Crippen LogP contribution in [0.3, 0.4) is 0 Å². The fourth-order valence-corrected chi connectivity index (χ4v) is 0. The van der Waals surface area contributed by atoms with E-state index in [0.717, 1.165) is 0 Å². The summed E-state index contributed by atoms with van der Waals surface area (Å²) in [5, 5.41) is 6.50. The highest BCUT2D eigenvalue weighted by molar-refractivity contribution is 5.72. The molecule has 0 aliphatic carbocycles. The van der Waals surface area contributed by atoms with E-state index in [2.05, 4.69) is 6.57 Å². The van der Waals surface area contributed by atoms with Crippen molar-refractivity contribution in [2.45, 2.75) is 13.8 Å². The first-order valence-corrected chi connectivity index (χ1v) is 1.75. The first kappa shape index (κ1) is 15.8. The van der Waals surface area contributed by atoms with Gasteiger partial charge in [0.15, 0.2) is 0 Å². The summed E-state index contributed by atoms with van der Waals surface area (Å²) < 4.78 is 0. The zero-order chi connectivity index (χ0) is 7.58. The fraction of sp³-hybridized carbons (Fsp3) is 0.400. The summed E-state index contributed by atoms with van der Waals surface area (Å²) in [6.45, 7) is 8.56. The van der Waals surface area contributed by atoms with Crippen LogP contribution in [0.5, 0.6) is 0 Å². The molecule has 3 nitrogen and oxygen atoms in total. The van der Waals surface area contributed by atoms with Gasteiger partial charge in [0.25, 0.3) is 0 Å². The van der Waals surface area contributed by atoms with E-state index in [1.165, 1.54) is 13.8 Å². The van der Waals surface area contributed by atoms with Gasteiger partial charge in [0.05, 0.1) is 0 Å². The van der Waals surface area contributed by atoms with Crippen molar-refractivity contribution in [2.75, 3.05) is 0 Å². The van der Waals surface area contributed by atoms with Crippen LogP contribution in [0.25, 0.3) is 0 Å². The molecule has 0 N–H and O–H groups in total. The van der Waals surface area contributed by atoms with E-state index in [-0.39, 0.29) is 5.78 Å². The summed E-state index contributed by atoms with van der Waals surface area (Å²) >= 11 is 0. The van der Waals surface area contributed by atoms with Crippen LogP contribution in [-0.4, -0.2) is 12.6 Å². The molecule has 0 radical (unpaired) electrons. The van der Waals surface area contributed by atoms with Gasteiger partial charge in [-0.2, -0.15) is 0 Å². The molecule has 0 saturated carbocycles. The highest BCUT2D eigenvalue weighted by Gasteiger charge is 1.62. The van der Waals surface area contributed by atoms with Gasteiger partial charge in [-0.25, -0.2) is 5.26 Å². The van der Waals surface area contributed by atoms with E-state index in [4.69, 9.17) is 10.1 Å². The lowest BCUT2D eigenvalue weighted by Gasteiger charge is -1.56. The van der Waals surface area contributed by atoms with E-state index in [0.29, 0.717) is 0 Å². The molecule has 0 spiro atoms. The van der Waals surface area contributed by atoms with Crippen LogP contribution in [0.2, 0.25) is 0 Å². The molecule has 0 amide bonds. The minimum absolute atomic E-state index is 0.167. The number of carbonyl (C=O) groups is 2. The summed E-state index contributed by atoms with van der Waals surface area (Å²) in [6, 6.07) is 0. The molecular formula is C5H9NO2. The lowest BCUT2D eigenvalue weighted by molar-refractivity contribution is -0.115. The SMILES string of the molecule is C#N.C=O.CC(C)=O. The van der Waals surface area contributed by atoms with Crippen LogP contribution < -0.4 is 0 Å². The van der Waals surface area contributed by atoms with Gasteiger partial charge in [0.2, 0.25) is 0 Å². The summed E-state index contributed by atoms with van der Waals surface area (Å²) in [5.74, 6) is 0.167. The van der Waals surface area contributed by atoms with Crippen LogP contribution in [-0.2, 0) is 9.59 Å². The molecule has 0 unspecified atom stereocenters. The first-order valence-electron chi connectivity index (χ1n) is 1.75. The summed E-state index contributed by atoms with van der Waals surface area (Å²) in [5.41, 5.74) is 0. The Kier molecular flexibility index (Phi) is 80.3. The van der Waals surface area contributed by atoms with Crippen LogP contribution in [0, 0.1) is 11.8 Å². The Bertz CT molecular complexity index is 64.1. The van der Waals surface area contributed by atoms with Crippen molar-refractivity contribution >= 4 is 12.6 Å². The number of ketones is 1. The predicted molar refractivity (Wildman–Crippen MR) is 30.1 cm³/mol. The Labute approximate surface area is 48.9 Å². The van der Waals surface area contributed by atoms with Gasteiger partial charge in [0.1, 0.15) is 12.6 Å². The molecule has 46 valence electrons. The second-order valence-electron chi connectivity index (χ2n) is 0.908. The van der Waals surface area contributed by atoms with Gasteiger partial charge in [-0.3, -0.25) is 0 Å². The van der Waals surface area contributed by atoms with Crippen molar-refractivity contribution < 1.29 is 9.59 Å². The molecule has 0 aromatic carbocycles. The molecule has 0 rings (SSSR count). The molecule has 0 saturated heterocycles. The maximum atomic E-state index is 9.44. The molecule has 8 heavy (non-hydrogen) atoms. The third-order valence-corrected chi connectivity index (χ3v) is 0. The quantitative estimate of drug-likeness (QED) is 0.463. The molecule has 0 aliphatic rings. The van der Waals surface area contributed by atoms with E-state index >= 15 is 0 Å². The predicted octanol–water partition coefficient (Wildman–Crippen LogP) is 0.550. The number of carbonyl (C=O) groups excluding carboxylic acids is 2. The minimum Gasteiger partial charge on any atom is -0.307 e. The van der Waals surface area contributed by atoms with Gasteiger partial charge in [-0.1, -0.05) is 0 Å². The monoisotopic (exact) mass is 115 g/mol. The number of hydrogen-bond donors (Lipinski definition) is 0. The van der Waals surface area contributed by atoms with Crippen molar-refractivity contribution in [1.82, 2.24) is 0 Å². The Morgan fingerprint density at radius 1 is 1.38 bits per heavy atom. The van der Waals surface area contributed by atoms with E-state index in [1.807, 2.05) is 6.79 Å². The Morgan fingerprint density at radius 2 is 1.38 bits per heavy atom. The largest absolute Gasteiger partial charge is 0.307 e. The van der Waals surface area contributed by atoms with Gasteiger partial charge in [-0.05, 0) is 13.8 Å². The lowest BCUT2D eigenvalue weighted by Crippen LogP contribution is -1.69. The molecule has 0 atom stereocenters. The Hall–Kier alpha value is -1.17. The summed E-state index contributed by atoms with van der Waals surface area (Å²) in [7, 11) is 0. The zero-order valence-corrected chi connectivity index (χ0v) is 5.05. The topological polar surface area (TPSA) is 57.9 Å². The molecule has 0 fully saturated rings. The lowest BCUT2D eigenvalue weighted by atomic mass is 10.6. The van der Waals surface area contributed by atoms with Crippen molar-refractivity contribution in [3.8, 4) is 6.57 Å². The van der Waals surface area contributed by atoms with Crippen LogP contribution >= 0.6 is 0 Å². The van der Waals surface area contributed by atoms with Crippen molar-refractivity contribution in [2.24, 2.45) is 0 Å². The average molecular weight is 115 g/mol. The number of hydrogen-bond acceptors (Lipinski definition) is 3. The van der Waals surface area contributed by atoms with Gasteiger partial charge in [-0.15, -0.1) is 0 Å².